The summed E-state index contributed by atoms with van der Waals surface area (Å²) in [7, 11) is 0. The molecule has 1 N–H and O–H groups in total. The normalized spacial score (nSPS) is 19.0. The van der Waals surface area contributed by atoms with Crippen LogP contribution in [0.1, 0.15) is 63.9 Å². The van der Waals surface area contributed by atoms with E-state index in [0.717, 1.165) is 23.4 Å². The molecule has 1 aliphatic rings. The Kier molecular flexibility index (Phi) is 7.73. The summed E-state index contributed by atoms with van der Waals surface area (Å²) in [5.41, 5.74) is 1.35. The van der Waals surface area contributed by atoms with Gasteiger partial charge in [0.15, 0.2) is 0 Å². The molecule has 1 fully saturated rings. The second-order valence-corrected chi connectivity index (χ2v) is 7.30. The summed E-state index contributed by atoms with van der Waals surface area (Å²) in [6, 6.07) is 2.83. The number of pyridine rings is 1. The van der Waals surface area contributed by atoms with Crippen LogP contribution in [0.2, 0.25) is 0 Å². The molecule has 0 aliphatic heterocycles. The van der Waals surface area contributed by atoms with Gasteiger partial charge in [-0.2, -0.15) is 0 Å². The molecular formula is C18H29BrN2. The summed E-state index contributed by atoms with van der Waals surface area (Å²) in [5.74, 6) is 0.829. The standard InChI is InChI=1S/C18H29BrN2/c1-2-10-21-18(12-15-11-17(19)14-20-13-15)16-8-6-4-3-5-7-9-16/h11,13-14,16,18,21H,2-10,12H2,1H3. The fourth-order valence-corrected chi connectivity index (χ4v) is 3.86. The Morgan fingerprint density at radius 3 is 2.57 bits per heavy atom. The molecule has 1 heterocycles. The van der Waals surface area contributed by atoms with Crippen LogP contribution < -0.4 is 5.32 Å². The predicted molar refractivity (Wildman–Crippen MR) is 93.5 cm³/mol. The lowest BCUT2D eigenvalue weighted by Gasteiger charge is -2.30. The van der Waals surface area contributed by atoms with Gasteiger partial charge < -0.3 is 5.32 Å². The average Bonchev–Trinajstić information content (AvgIpc) is 2.43. The molecule has 0 amide bonds. The number of hydrogen-bond donors (Lipinski definition) is 1. The van der Waals surface area contributed by atoms with Gasteiger partial charge in [0.05, 0.1) is 0 Å². The van der Waals surface area contributed by atoms with Crippen molar-refractivity contribution in [2.45, 2.75) is 70.8 Å². The van der Waals surface area contributed by atoms with Crippen LogP contribution in [0.4, 0.5) is 0 Å². The number of nitrogens with zero attached hydrogens (tertiary/aromatic N) is 1. The number of nitrogens with one attached hydrogen (secondary N) is 1. The molecule has 1 saturated carbocycles. The molecule has 0 bridgehead atoms. The molecule has 0 radical (unpaired) electrons. The van der Waals surface area contributed by atoms with Gasteiger partial charge in [0, 0.05) is 22.9 Å². The molecule has 1 unspecified atom stereocenters. The van der Waals surface area contributed by atoms with E-state index < -0.39 is 0 Å². The van der Waals surface area contributed by atoms with Gasteiger partial charge in [-0.25, -0.2) is 0 Å². The van der Waals surface area contributed by atoms with Crippen molar-refractivity contribution >= 4 is 15.9 Å². The van der Waals surface area contributed by atoms with Crippen LogP contribution >= 0.6 is 15.9 Å². The van der Waals surface area contributed by atoms with Crippen molar-refractivity contribution in [1.29, 1.82) is 0 Å². The first-order chi connectivity index (χ1) is 10.3. The van der Waals surface area contributed by atoms with E-state index in [2.05, 4.69) is 39.2 Å². The third-order valence-corrected chi connectivity index (χ3v) is 5.03. The minimum absolute atomic E-state index is 0.610. The van der Waals surface area contributed by atoms with Gasteiger partial charge in [0.1, 0.15) is 0 Å². The van der Waals surface area contributed by atoms with Crippen molar-refractivity contribution in [1.82, 2.24) is 10.3 Å². The van der Waals surface area contributed by atoms with E-state index in [1.54, 1.807) is 0 Å². The Balaban J connectivity index is 2.01. The molecule has 0 aromatic carbocycles. The van der Waals surface area contributed by atoms with E-state index in [0.29, 0.717) is 6.04 Å². The zero-order valence-corrected chi connectivity index (χ0v) is 14.9. The third kappa shape index (κ3) is 6.07. The predicted octanol–water partition coefficient (Wildman–Crippen LogP) is 5.12. The molecule has 0 spiro atoms. The minimum Gasteiger partial charge on any atom is -0.313 e. The van der Waals surface area contributed by atoms with E-state index in [9.17, 15) is 0 Å². The fourth-order valence-electron chi connectivity index (χ4n) is 3.45. The van der Waals surface area contributed by atoms with Gasteiger partial charge in [-0.3, -0.25) is 4.98 Å². The van der Waals surface area contributed by atoms with Crippen molar-refractivity contribution in [2.75, 3.05) is 6.54 Å². The van der Waals surface area contributed by atoms with E-state index in [1.165, 1.54) is 56.9 Å². The molecule has 1 atom stereocenters. The Morgan fingerprint density at radius 2 is 1.90 bits per heavy atom. The van der Waals surface area contributed by atoms with Crippen LogP contribution in [-0.4, -0.2) is 17.6 Å². The highest BCUT2D eigenvalue weighted by molar-refractivity contribution is 9.10. The van der Waals surface area contributed by atoms with Gasteiger partial charge in [-0.05, 0) is 65.7 Å². The maximum absolute atomic E-state index is 4.32. The van der Waals surface area contributed by atoms with Crippen molar-refractivity contribution in [2.24, 2.45) is 5.92 Å². The molecule has 1 aromatic rings. The van der Waals surface area contributed by atoms with E-state index in [-0.39, 0.29) is 0 Å². The zero-order chi connectivity index (χ0) is 14.9. The summed E-state index contributed by atoms with van der Waals surface area (Å²) in [5, 5.41) is 3.81. The quantitative estimate of drug-likeness (QED) is 0.768. The Hall–Kier alpha value is -0.410. The van der Waals surface area contributed by atoms with E-state index in [1.807, 2.05) is 12.4 Å². The van der Waals surface area contributed by atoms with E-state index in [4.69, 9.17) is 0 Å². The number of halogens is 1. The van der Waals surface area contributed by atoms with Gasteiger partial charge in [-0.15, -0.1) is 0 Å². The highest BCUT2D eigenvalue weighted by Gasteiger charge is 2.22. The van der Waals surface area contributed by atoms with Crippen LogP contribution in [-0.2, 0) is 6.42 Å². The van der Waals surface area contributed by atoms with Gasteiger partial charge in [-0.1, -0.05) is 39.0 Å². The number of rotatable bonds is 6. The zero-order valence-electron chi connectivity index (χ0n) is 13.3. The van der Waals surface area contributed by atoms with E-state index >= 15 is 0 Å². The van der Waals surface area contributed by atoms with Gasteiger partial charge in [0.2, 0.25) is 0 Å². The molecule has 1 aliphatic carbocycles. The monoisotopic (exact) mass is 352 g/mol. The first kappa shape index (κ1) is 17.0. The molecule has 2 rings (SSSR count). The molecule has 0 saturated heterocycles. The maximum atomic E-state index is 4.32. The topological polar surface area (TPSA) is 24.9 Å². The summed E-state index contributed by atoms with van der Waals surface area (Å²) in [4.78, 5) is 4.32. The lowest BCUT2D eigenvalue weighted by atomic mass is 9.83. The molecule has 3 heteroatoms. The van der Waals surface area contributed by atoms with Crippen LogP contribution in [0, 0.1) is 5.92 Å². The molecule has 118 valence electrons. The summed E-state index contributed by atoms with van der Waals surface area (Å²) in [6.45, 7) is 3.38. The van der Waals surface area contributed by atoms with Crippen LogP contribution in [0.15, 0.2) is 22.9 Å². The largest absolute Gasteiger partial charge is 0.313 e. The number of hydrogen-bond acceptors (Lipinski definition) is 2. The Bertz CT molecular complexity index is 400. The average molecular weight is 353 g/mol. The van der Waals surface area contributed by atoms with Crippen molar-refractivity contribution in [3.8, 4) is 0 Å². The summed E-state index contributed by atoms with van der Waals surface area (Å²) in [6.07, 6.45) is 16.1. The second-order valence-electron chi connectivity index (χ2n) is 6.38. The Labute approximate surface area is 138 Å². The lowest BCUT2D eigenvalue weighted by molar-refractivity contribution is 0.283. The highest BCUT2D eigenvalue weighted by atomic mass is 79.9. The molecule has 2 nitrogen and oxygen atoms in total. The summed E-state index contributed by atoms with van der Waals surface area (Å²) < 4.78 is 1.09. The van der Waals surface area contributed by atoms with Crippen molar-refractivity contribution < 1.29 is 0 Å². The highest BCUT2D eigenvalue weighted by Crippen LogP contribution is 2.27. The van der Waals surface area contributed by atoms with Gasteiger partial charge in [0.25, 0.3) is 0 Å². The second kappa shape index (κ2) is 9.58. The fraction of sp³-hybridized carbons (Fsp3) is 0.722. The van der Waals surface area contributed by atoms with Crippen LogP contribution in [0.25, 0.3) is 0 Å². The SMILES string of the molecule is CCCNC(Cc1cncc(Br)c1)C1CCCCCCC1. The summed E-state index contributed by atoms with van der Waals surface area (Å²) >= 11 is 3.54. The maximum Gasteiger partial charge on any atom is 0.0410 e. The third-order valence-electron chi connectivity index (χ3n) is 4.59. The minimum atomic E-state index is 0.610. The smallest absolute Gasteiger partial charge is 0.0410 e. The van der Waals surface area contributed by atoms with Crippen LogP contribution in [0.3, 0.4) is 0 Å². The number of aromatic nitrogens is 1. The first-order valence-electron chi connectivity index (χ1n) is 8.62. The molecular weight excluding hydrogens is 324 g/mol. The first-order valence-corrected chi connectivity index (χ1v) is 9.41. The van der Waals surface area contributed by atoms with Crippen molar-refractivity contribution in [3.05, 3.63) is 28.5 Å². The van der Waals surface area contributed by atoms with Crippen molar-refractivity contribution in [3.63, 3.8) is 0 Å². The van der Waals surface area contributed by atoms with Gasteiger partial charge >= 0.3 is 0 Å². The lowest BCUT2D eigenvalue weighted by Crippen LogP contribution is -2.39. The molecule has 21 heavy (non-hydrogen) atoms. The molecule has 1 aromatic heterocycles. The van der Waals surface area contributed by atoms with Crippen LogP contribution in [0.5, 0.6) is 0 Å². The Morgan fingerprint density at radius 1 is 1.19 bits per heavy atom.